The maximum Gasteiger partial charge on any atom is 0.263 e. The lowest BCUT2D eigenvalue weighted by Crippen LogP contribution is -2.00. The van der Waals surface area contributed by atoms with Gasteiger partial charge in [-0.15, -0.1) is 5.10 Å². The Bertz CT molecular complexity index is 785. The molecule has 0 saturated carbocycles. The summed E-state index contributed by atoms with van der Waals surface area (Å²) < 4.78 is 0. The van der Waals surface area contributed by atoms with Crippen LogP contribution in [-0.4, -0.2) is 26.4 Å². The Hall–Kier alpha value is -3.15. The molecule has 22 heavy (non-hydrogen) atoms. The molecule has 0 radical (unpaired) electrons. The first-order chi connectivity index (χ1) is 10.8. The summed E-state index contributed by atoms with van der Waals surface area (Å²) in [6.07, 6.45) is 3.23. The van der Waals surface area contributed by atoms with Crippen molar-refractivity contribution in [3.63, 3.8) is 0 Å². The molecule has 108 valence electrons. The molecule has 0 aliphatic heterocycles. The molecule has 6 heteroatoms. The highest BCUT2D eigenvalue weighted by Gasteiger charge is 2.01. The van der Waals surface area contributed by atoms with Crippen molar-refractivity contribution < 1.29 is 0 Å². The summed E-state index contributed by atoms with van der Waals surface area (Å²) in [5.41, 5.74) is 6.18. The Balaban J connectivity index is 1.73. The van der Waals surface area contributed by atoms with Gasteiger partial charge >= 0.3 is 0 Å². The number of pyridine rings is 1. The summed E-state index contributed by atoms with van der Waals surface area (Å²) in [7, 11) is 0. The van der Waals surface area contributed by atoms with Crippen LogP contribution < -0.4 is 5.43 Å². The molecular weight excluding hydrogens is 276 g/mol. The number of rotatable bonds is 4. The first kappa shape index (κ1) is 13.8. The predicted molar refractivity (Wildman–Crippen MR) is 85.5 cm³/mol. The van der Waals surface area contributed by atoms with Crippen molar-refractivity contribution in [1.82, 2.24) is 20.2 Å². The molecule has 0 aliphatic carbocycles. The summed E-state index contributed by atoms with van der Waals surface area (Å²) in [6, 6.07) is 15.5. The van der Waals surface area contributed by atoms with E-state index in [1.807, 2.05) is 55.5 Å². The molecule has 3 rings (SSSR count). The quantitative estimate of drug-likeness (QED) is 0.590. The Morgan fingerprint density at radius 3 is 2.68 bits per heavy atom. The van der Waals surface area contributed by atoms with Crippen molar-refractivity contribution in [2.45, 2.75) is 6.92 Å². The fraction of sp³-hybridized carbons (Fsp3) is 0.0625. The molecule has 2 heterocycles. The molecule has 1 aromatic carbocycles. The maximum absolute atomic E-state index is 4.37. The van der Waals surface area contributed by atoms with Gasteiger partial charge in [0.05, 0.1) is 23.8 Å². The van der Waals surface area contributed by atoms with E-state index in [1.54, 1.807) is 12.4 Å². The van der Waals surface area contributed by atoms with Crippen molar-refractivity contribution >= 4 is 12.2 Å². The fourth-order valence-electron chi connectivity index (χ4n) is 1.89. The minimum absolute atomic E-state index is 0.338. The third kappa shape index (κ3) is 3.49. The average molecular weight is 290 g/mol. The lowest BCUT2D eigenvalue weighted by Gasteiger charge is -2.01. The first-order valence-electron chi connectivity index (χ1n) is 6.79. The fourth-order valence-corrected chi connectivity index (χ4v) is 1.89. The van der Waals surface area contributed by atoms with Crippen molar-refractivity contribution in [2.24, 2.45) is 5.10 Å². The maximum atomic E-state index is 4.37. The van der Waals surface area contributed by atoms with Crippen molar-refractivity contribution in [2.75, 3.05) is 5.43 Å². The zero-order valence-electron chi connectivity index (χ0n) is 12.0. The second-order valence-electron chi connectivity index (χ2n) is 4.61. The van der Waals surface area contributed by atoms with Gasteiger partial charge in [0.1, 0.15) is 0 Å². The van der Waals surface area contributed by atoms with Crippen LogP contribution in [0.5, 0.6) is 0 Å². The van der Waals surface area contributed by atoms with Crippen molar-refractivity contribution in [3.8, 4) is 11.3 Å². The number of hydrogen-bond acceptors (Lipinski definition) is 6. The van der Waals surface area contributed by atoms with Crippen molar-refractivity contribution in [1.29, 1.82) is 0 Å². The van der Waals surface area contributed by atoms with Gasteiger partial charge in [0.2, 0.25) is 0 Å². The van der Waals surface area contributed by atoms with Crippen LogP contribution in [0, 0.1) is 6.92 Å². The van der Waals surface area contributed by atoms with E-state index >= 15 is 0 Å². The van der Waals surface area contributed by atoms with Crippen LogP contribution >= 0.6 is 0 Å². The summed E-state index contributed by atoms with van der Waals surface area (Å²) in [5.74, 6) is 0.338. The van der Waals surface area contributed by atoms with Gasteiger partial charge in [-0.25, -0.2) is 10.4 Å². The molecule has 0 spiro atoms. The number of hydrogen-bond donors (Lipinski definition) is 1. The van der Waals surface area contributed by atoms with Crippen LogP contribution in [0.4, 0.5) is 5.95 Å². The van der Waals surface area contributed by atoms with E-state index in [0.29, 0.717) is 5.95 Å². The lowest BCUT2D eigenvalue weighted by atomic mass is 10.2. The van der Waals surface area contributed by atoms with E-state index in [2.05, 4.69) is 30.7 Å². The summed E-state index contributed by atoms with van der Waals surface area (Å²) in [6.45, 7) is 1.93. The van der Waals surface area contributed by atoms with E-state index in [-0.39, 0.29) is 0 Å². The highest BCUT2D eigenvalue weighted by molar-refractivity contribution is 5.77. The zero-order chi connectivity index (χ0) is 15.2. The second-order valence-corrected chi connectivity index (χ2v) is 4.61. The van der Waals surface area contributed by atoms with Gasteiger partial charge in [0, 0.05) is 11.3 Å². The second kappa shape index (κ2) is 6.53. The standard InChI is InChI=1S/C16H14N6/c1-12-6-5-9-14(19-12)10-17-21-16-20-15(11-18-22-16)13-7-3-2-4-8-13/h2-11H,1H3,(H,20,21,22)/b17-10+. The van der Waals surface area contributed by atoms with E-state index in [1.165, 1.54) is 0 Å². The van der Waals surface area contributed by atoms with Gasteiger partial charge in [-0.05, 0) is 19.1 Å². The molecule has 1 N–H and O–H groups in total. The number of hydrazone groups is 1. The van der Waals surface area contributed by atoms with Gasteiger partial charge in [0.15, 0.2) is 0 Å². The van der Waals surface area contributed by atoms with Gasteiger partial charge in [-0.2, -0.15) is 10.2 Å². The summed E-state index contributed by atoms with van der Waals surface area (Å²) in [4.78, 5) is 8.70. The molecule has 6 nitrogen and oxygen atoms in total. The van der Waals surface area contributed by atoms with Gasteiger partial charge in [-0.3, -0.25) is 4.98 Å². The highest BCUT2D eigenvalue weighted by Crippen LogP contribution is 2.15. The van der Waals surface area contributed by atoms with Crippen LogP contribution in [0.3, 0.4) is 0 Å². The number of aromatic nitrogens is 4. The largest absolute Gasteiger partial charge is 0.263 e. The van der Waals surface area contributed by atoms with Crippen LogP contribution in [-0.2, 0) is 0 Å². The van der Waals surface area contributed by atoms with Crippen LogP contribution in [0.15, 0.2) is 59.8 Å². The molecule has 0 saturated heterocycles. The molecule has 0 bridgehead atoms. The van der Waals surface area contributed by atoms with Crippen LogP contribution in [0.1, 0.15) is 11.4 Å². The smallest absolute Gasteiger partial charge is 0.252 e. The molecule has 0 aliphatic rings. The average Bonchev–Trinajstić information content (AvgIpc) is 2.56. The SMILES string of the molecule is Cc1cccc(/C=N/Nc2nncc(-c3ccccc3)n2)n1. The molecule has 2 aromatic heterocycles. The number of anilines is 1. The number of nitrogens with one attached hydrogen (secondary N) is 1. The first-order valence-corrected chi connectivity index (χ1v) is 6.79. The molecular formula is C16H14N6. The van der Waals surface area contributed by atoms with Gasteiger partial charge in [0.25, 0.3) is 5.95 Å². The van der Waals surface area contributed by atoms with Gasteiger partial charge in [-0.1, -0.05) is 36.4 Å². The third-order valence-corrected chi connectivity index (χ3v) is 2.90. The molecule has 0 fully saturated rings. The topological polar surface area (TPSA) is 76.0 Å². The Morgan fingerprint density at radius 1 is 1.00 bits per heavy atom. The van der Waals surface area contributed by atoms with E-state index in [4.69, 9.17) is 0 Å². The summed E-state index contributed by atoms with van der Waals surface area (Å²) in [5, 5.41) is 11.9. The lowest BCUT2D eigenvalue weighted by molar-refractivity contribution is 0.966. The normalized spacial score (nSPS) is 10.8. The van der Waals surface area contributed by atoms with Crippen LogP contribution in [0.25, 0.3) is 11.3 Å². The minimum Gasteiger partial charge on any atom is -0.252 e. The minimum atomic E-state index is 0.338. The highest BCUT2D eigenvalue weighted by atomic mass is 15.4. The van der Waals surface area contributed by atoms with Crippen LogP contribution in [0.2, 0.25) is 0 Å². The van der Waals surface area contributed by atoms with Crippen molar-refractivity contribution in [3.05, 3.63) is 66.1 Å². The summed E-state index contributed by atoms with van der Waals surface area (Å²) >= 11 is 0. The predicted octanol–water partition coefficient (Wildman–Crippen LogP) is 2.69. The molecule has 0 atom stereocenters. The monoisotopic (exact) mass is 290 g/mol. The Labute approximate surface area is 128 Å². The van der Waals surface area contributed by atoms with E-state index in [0.717, 1.165) is 22.6 Å². The van der Waals surface area contributed by atoms with E-state index < -0.39 is 0 Å². The van der Waals surface area contributed by atoms with E-state index in [9.17, 15) is 0 Å². The number of aryl methyl sites for hydroxylation is 1. The number of benzene rings is 1. The van der Waals surface area contributed by atoms with Gasteiger partial charge < -0.3 is 0 Å². The number of nitrogens with zero attached hydrogens (tertiary/aromatic N) is 5. The zero-order valence-corrected chi connectivity index (χ0v) is 12.0. The molecule has 0 amide bonds. The third-order valence-electron chi connectivity index (χ3n) is 2.90. The molecule has 3 aromatic rings. The molecule has 0 unspecified atom stereocenters. The Morgan fingerprint density at radius 2 is 1.86 bits per heavy atom. The Kier molecular flexibility index (Phi) is 4.10.